The molecular formula is C33H44N6O4. The maximum atomic E-state index is 12.2. The summed E-state index contributed by atoms with van der Waals surface area (Å²) in [5.74, 6) is 1.06. The summed E-state index contributed by atoms with van der Waals surface area (Å²) in [7, 11) is 1.78. The molecule has 43 heavy (non-hydrogen) atoms. The number of allylic oxidation sites excluding steroid dienone is 1. The Hall–Kier alpha value is -3.89. The minimum Gasteiger partial charge on any atom is -0.508 e. The number of amides is 1. The van der Waals surface area contributed by atoms with E-state index < -0.39 is 0 Å². The molecule has 1 aromatic carbocycles. The van der Waals surface area contributed by atoms with Crippen LogP contribution >= 0.6 is 0 Å². The number of piperazine rings is 1. The number of anilines is 2. The Morgan fingerprint density at radius 1 is 1.12 bits per heavy atom. The van der Waals surface area contributed by atoms with Crippen LogP contribution in [0.5, 0.6) is 11.8 Å². The zero-order valence-corrected chi connectivity index (χ0v) is 25.5. The normalized spacial score (nSPS) is 19.1. The predicted octanol–water partition coefficient (Wildman–Crippen LogP) is 3.75. The summed E-state index contributed by atoms with van der Waals surface area (Å²) in [6.45, 7) is 17.0. The van der Waals surface area contributed by atoms with E-state index in [0.29, 0.717) is 51.4 Å². The third kappa shape index (κ3) is 7.02. The smallest absolute Gasteiger partial charge is 0.318 e. The summed E-state index contributed by atoms with van der Waals surface area (Å²) < 4.78 is 11.7. The Balaban J connectivity index is 1.38. The van der Waals surface area contributed by atoms with Crippen LogP contribution in [0.15, 0.2) is 37.4 Å². The molecule has 1 amide bonds. The second-order valence-corrected chi connectivity index (χ2v) is 11.3. The average molecular weight is 589 g/mol. The second kappa shape index (κ2) is 14.1. The fourth-order valence-corrected chi connectivity index (χ4v) is 6.26. The molecule has 2 saturated heterocycles. The number of methoxy groups -OCH3 is 1. The van der Waals surface area contributed by atoms with Gasteiger partial charge in [0.15, 0.2) is 0 Å². The minimum absolute atomic E-state index is 0.0409. The molecular weight excluding hydrogens is 544 g/mol. The molecule has 5 rings (SSSR count). The van der Waals surface area contributed by atoms with Gasteiger partial charge >= 0.3 is 6.01 Å². The molecule has 1 aromatic heterocycles. The van der Waals surface area contributed by atoms with Crippen LogP contribution in [-0.2, 0) is 22.5 Å². The number of fused-ring (bicyclic) bond motifs is 1. The Bertz CT molecular complexity index is 1350. The number of hydrogen-bond acceptors (Lipinski definition) is 9. The van der Waals surface area contributed by atoms with Gasteiger partial charge in [-0.05, 0) is 43.9 Å². The van der Waals surface area contributed by atoms with E-state index in [4.69, 9.17) is 19.4 Å². The second-order valence-electron chi connectivity index (χ2n) is 11.3. The molecule has 0 radical (unpaired) electrons. The van der Waals surface area contributed by atoms with E-state index in [-0.39, 0.29) is 11.7 Å². The number of phenols is 1. The summed E-state index contributed by atoms with van der Waals surface area (Å²) in [6, 6.07) is 3.94. The van der Waals surface area contributed by atoms with Crippen LogP contribution in [0.25, 0.3) is 12.2 Å². The first-order chi connectivity index (χ1) is 20.9. The van der Waals surface area contributed by atoms with Crippen LogP contribution in [0.4, 0.5) is 11.5 Å². The van der Waals surface area contributed by atoms with E-state index in [1.807, 2.05) is 24.0 Å². The molecule has 2 aromatic rings. The van der Waals surface area contributed by atoms with Gasteiger partial charge in [0.05, 0.1) is 24.9 Å². The van der Waals surface area contributed by atoms with Crippen LogP contribution in [0.1, 0.15) is 42.1 Å². The van der Waals surface area contributed by atoms with Crippen molar-refractivity contribution in [3.05, 3.63) is 59.8 Å². The third-order valence-electron chi connectivity index (χ3n) is 8.57. The van der Waals surface area contributed by atoms with Gasteiger partial charge in [0, 0.05) is 82.3 Å². The zero-order chi connectivity index (χ0) is 30.3. The molecule has 0 bridgehead atoms. The largest absolute Gasteiger partial charge is 0.508 e. The van der Waals surface area contributed by atoms with Gasteiger partial charge in [-0.2, -0.15) is 9.97 Å². The first-order valence-corrected chi connectivity index (χ1v) is 15.2. The Labute approximate surface area is 254 Å². The van der Waals surface area contributed by atoms with Crippen LogP contribution in [0, 0.1) is 0 Å². The fraction of sp³-hybridized carbons (Fsp3) is 0.485. The van der Waals surface area contributed by atoms with Gasteiger partial charge < -0.3 is 34.2 Å². The van der Waals surface area contributed by atoms with Gasteiger partial charge in [-0.15, -0.1) is 0 Å². The highest BCUT2D eigenvalue weighted by Gasteiger charge is 2.29. The minimum atomic E-state index is -0.0409. The molecule has 1 unspecified atom stereocenters. The predicted molar refractivity (Wildman–Crippen MR) is 171 cm³/mol. The van der Waals surface area contributed by atoms with Crippen molar-refractivity contribution in [2.75, 3.05) is 75.9 Å². The Kier molecular flexibility index (Phi) is 9.99. The number of carbonyl (C=O) groups excluding carboxylic acids is 1. The van der Waals surface area contributed by atoms with Crippen LogP contribution in [-0.4, -0.2) is 103 Å². The quantitative estimate of drug-likeness (QED) is 0.311. The van der Waals surface area contributed by atoms with Crippen molar-refractivity contribution in [1.29, 1.82) is 0 Å². The van der Waals surface area contributed by atoms with E-state index in [1.54, 1.807) is 19.3 Å². The first-order valence-electron chi connectivity index (χ1n) is 15.2. The van der Waals surface area contributed by atoms with E-state index in [9.17, 15) is 9.90 Å². The molecule has 4 heterocycles. The molecule has 10 nitrogen and oxygen atoms in total. The zero-order valence-electron chi connectivity index (χ0n) is 25.5. The lowest BCUT2D eigenvalue weighted by Gasteiger charge is -2.38. The topological polar surface area (TPSA) is 94.5 Å². The van der Waals surface area contributed by atoms with Crippen molar-refractivity contribution in [2.24, 2.45) is 0 Å². The van der Waals surface area contributed by atoms with Crippen molar-refractivity contribution in [3.63, 3.8) is 0 Å². The van der Waals surface area contributed by atoms with E-state index in [0.717, 1.165) is 79.3 Å². The van der Waals surface area contributed by atoms with Gasteiger partial charge in [-0.3, -0.25) is 4.79 Å². The number of benzene rings is 1. The van der Waals surface area contributed by atoms with Crippen LogP contribution in [0.3, 0.4) is 0 Å². The number of carbonyl (C=O) groups is 1. The lowest BCUT2D eigenvalue weighted by molar-refractivity contribution is -0.126. The third-order valence-corrected chi connectivity index (χ3v) is 8.57. The van der Waals surface area contributed by atoms with Crippen molar-refractivity contribution in [1.82, 2.24) is 19.8 Å². The van der Waals surface area contributed by atoms with Crippen molar-refractivity contribution >= 4 is 29.6 Å². The summed E-state index contributed by atoms with van der Waals surface area (Å²) >= 11 is 0. The van der Waals surface area contributed by atoms with Gasteiger partial charge in [0.1, 0.15) is 11.6 Å². The number of phenolic OH excluding ortho intramolecular Hbond substituents is 1. The number of ether oxygens (including phenoxy) is 2. The highest BCUT2D eigenvalue weighted by Crippen LogP contribution is 2.36. The monoisotopic (exact) mass is 588 g/mol. The molecule has 10 heteroatoms. The molecule has 230 valence electrons. The lowest BCUT2D eigenvalue weighted by Crippen LogP contribution is -2.49. The average Bonchev–Trinajstić information content (AvgIpc) is 3.51. The van der Waals surface area contributed by atoms with Crippen molar-refractivity contribution in [3.8, 4) is 11.8 Å². The summed E-state index contributed by atoms with van der Waals surface area (Å²) in [4.78, 5) is 30.8. The number of likely N-dealkylation sites (tertiary alicyclic amines) is 1. The first kappa shape index (κ1) is 30.6. The summed E-state index contributed by atoms with van der Waals surface area (Å²) in [6.07, 6.45) is 10.2. The number of hydrogen-bond donors (Lipinski definition) is 1. The summed E-state index contributed by atoms with van der Waals surface area (Å²) in [5, 5.41) is 10.5. The Morgan fingerprint density at radius 3 is 2.63 bits per heavy atom. The lowest BCUT2D eigenvalue weighted by atomic mass is 9.99. The van der Waals surface area contributed by atoms with Crippen molar-refractivity contribution in [2.45, 2.75) is 38.8 Å². The maximum absolute atomic E-state index is 12.2. The number of rotatable bonds is 11. The molecule has 3 aliphatic heterocycles. The number of nitrogens with zero attached hydrogens (tertiary/aromatic N) is 6. The maximum Gasteiger partial charge on any atom is 0.318 e. The molecule has 0 aliphatic carbocycles. The molecule has 1 N–H and O–H groups in total. The molecule has 1 atom stereocenters. The molecule has 0 saturated carbocycles. The highest BCUT2D eigenvalue weighted by atomic mass is 16.5. The van der Waals surface area contributed by atoms with Crippen LogP contribution in [0.2, 0.25) is 0 Å². The van der Waals surface area contributed by atoms with Crippen molar-refractivity contribution < 1.29 is 19.4 Å². The van der Waals surface area contributed by atoms with Gasteiger partial charge in [0.25, 0.3) is 0 Å². The van der Waals surface area contributed by atoms with E-state index in [1.165, 1.54) is 6.08 Å². The van der Waals surface area contributed by atoms with E-state index in [2.05, 4.69) is 33.9 Å². The Morgan fingerprint density at radius 2 is 1.93 bits per heavy atom. The van der Waals surface area contributed by atoms with E-state index >= 15 is 0 Å². The molecule has 0 spiro atoms. The molecule has 2 fully saturated rings. The van der Waals surface area contributed by atoms with Crippen LogP contribution < -0.4 is 14.5 Å². The number of aromatic hydroxyl groups is 1. The SMILES string of the molecule is C=CC(=O)N1CCN(c2nc(OCCCN3CCC(OC)C3)nc3c2CCN(c2cc(O)cc(C=C)c2/C=C\C)C3)CC1. The highest BCUT2D eigenvalue weighted by molar-refractivity contribution is 5.87. The fourth-order valence-electron chi connectivity index (χ4n) is 6.26. The standard InChI is InChI=1S/C33H44N6O4/c1-5-9-27-24(6-2)20-25(40)21-30(27)39-14-11-28-29(23-39)34-33(43-19-8-12-36-13-10-26(22-36)42-4)35-32(28)38-17-15-37(16-18-38)31(41)7-3/h5-7,9,20-21,26,40H,2-3,8,10-19,22-23H2,1,4H3/b9-5-. The van der Waals surface area contributed by atoms with Gasteiger partial charge in [-0.1, -0.05) is 31.4 Å². The number of aromatic nitrogens is 2. The summed E-state index contributed by atoms with van der Waals surface area (Å²) in [5.41, 5.74) is 4.88. The van der Waals surface area contributed by atoms with Gasteiger partial charge in [-0.25, -0.2) is 0 Å². The van der Waals surface area contributed by atoms with Gasteiger partial charge in [0.2, 0.25) is 5.91 Å². The molecule has 3 aliphatic rings.